The van der Waals surface area contributed by atoms with Crippen LogP contribution in [-0.2, 0) is 19.4 Å². The molecule has 0 aromatic heterocycles. The van der Waals surface area contributed by atoms with Crippen LogP contribution >= 0.6 is 24.0 Å². The number of hydrogen-bond donors (Lipinski definition) is 2. The van der Waals surface area contributed by atoms with Gasteiger partial charge in [-0.2, -0.15) is 0 Å². The fourth-order valence-corrected chi connectivity index (χ4v) is 2.82. The molecule has 0 radical (unpaired) electrons. The predicted molar refractivity (Wildman–Crippen MR) is 104 cm³/mol. The van der Waals surface area contributed by atoms with Crippen LogP contribution < -0.4 is 11.1 Å². The predicted octanol–water partition coefficient (Wildman–Crippen LogP) is 4.03. The quantitative estimate of drug-likeness (QED) is 0.459. The average molecular weight is 407 g/mol. The first-order valence-electron chi connectivity index (χ1n) is 7.45. The van der Waals surface area contributed by atoms with Gasteiger partial charge < -0.3 is 11.1 Å². The van der Waals surface area contributed by atoms with Gasteiger partial charge in [0.1, 0.15) is 0 Å². The van der Waals surface area contributed by atoms with Gasteiger partial charge in [0.25, 0.3) is 0 Å². The van der Waals surface area contributed by atoms with Crippen LogP contribution in [0.25, 0.3) is 0 Å². The number of nitrogens with zero attached hydrogens (tertiary/aromatic N) is 1. The summed E-state index contributed by atoms with van der Waals surface area (Å²) in [6.07, 6.45) is 3.63. The summed E-state index contributed by atoms with van der Waals surface area (Å²) < 4.78 is 0. The second-order valence-corrected chi connectivity index (χ2v) is 5.65. The maximum Gasteiger partial charge on any atom is 0.193 e. The van der Waals surface area contributed by atoms with Crippen molar-refractivity contribution in [2.75, 3.05) is 5.32 Å². The molecular weight excluding hydrogens is 385 g/mol. The van der Waals surface area contributed by atoms with Crippen LogP contribution in [0.4, 0.5) is 5.69 Å². The SMILES string of the molecule is Cc1cccc(CN=C(N)Nc2ccc3c(c2)CCC3)c1.I. The van der Waals surface area contributed by atoms with Crippen molar-refractivity contribution < 1.29 is 0 Å². The van der Waals surface area contributed by atoms with Crippen LogP contribution in [0, 0.1) is 6.92 Å². The van der Waals surface area contributed by atoms with Crippen molar-refractivity contribution >= 4 is 35.6 Å². The highest BCUT2D eigenvalue weighted by molar-refractivity contribution is 14.0. The number of halogens is 1. The Hall–Kier alpha value is -1.56. The summed E-state index contributed by atoms with van der Waals surface area (Å²) in [7, 11) is 0. The highest BCUT2D eigenvalue weighted by Crippen LogP contribution is 2.24. The van der Waals surface area contributed by atoms with Crippen LogP contribution in [0.5, 0.6) is 0 Å². The van der Waals surface area contributed by atoms with Crippen molar-refractivity contribution in [2.24, 2.45) is 10.7 Å². The largest absolute Gasteiger partial charge is 0.370 e. The molecule has 2 aromatic rings. The Labute approximate surface area is 149 Å². The number of nitrogens with two attached hydrogens (primary N) is 1. The molecule has 4 heteroatoms. The van der Waals surface area contributed by atoms with Gasteiger partial charge in [-0.05, 0) is 55.0 Å². The normalized spacial score (nSPS) is 13.4. The summed E-state index contributed by atoms with van der Waals surface area (Å²) >= 11 is 0. The van der Waals surface area contributed by atoms with Crippen molar-refractivity contribution in [3.63, 3.8) is 0 Å². The molecule has 22 heavy (non-hydrogen) atoms. The first kappa shape index (κ1) is 16.8. The first-order chi connectivity index (χ1) is 10.2. The van der Waals surface area contributed by atoms with Crippen molar-refractivity contribution in [1.29, 1.82) is 0 Å². The molecule has 0 fully saturated rings. The van der Waals surface area contributed by atoms with E-state index in [0.29, 0.717) is 12.5 Å². The Morgan fingerprint density at radius 3 is 2.77 bits per heavy atom. The number of guanidine groups is 1. The van der Waals surface area contributed by atoms with E-state index in [1.54, 1.807) is 0 Å². The summed E-state index contributed by atoms with van der Waals surface area (Å²) in [6.45, 7) is 2.69. The van der Waals surface area contributed by atoms with Gasteiger partial charge in [0, 0.05) is 5.69 Å². The second-order valence-electron chi connectivity index (χ2n) is 5.65. The van der Waals surface area contributed by atoms with Gasteiger partial charge in [0.05, 0.1) is 6.54 Å². The van der Waals surface area contributed by atoms with E-state index in [2.05, 4.69) is 53.6 Å². The molecule has 0 atom stereocenters. The fraction of sp³-hybridized carbons (Fsp3) is 0.278. The van der Waals surface area contributed by atoms with E-state index in [-0.39, 0.29) is 24.0 Å². The van der Waals surface area contributed by atoms with E-state index in [0.717, 1.165) is 5.69 Å². The third-order valence-electron chi connectivity index (χ3n) is 3.89. The van der Waals surface area contributed by atoms with Crippen molar-refractivity contribution in [3.8, 4) is 0 Å². The minimum atomic E-state index is 0. The number of benzene rings is 2. The fourth-order valence-electron chi connectivity index (χ4n) is 2.82. The van der Waals surface area contributed by atoms with Crippen LogP contribution in [0.3, 0.4) is 0 Å². The molecule has 0 amide bonds. The van der Waals surface area contributed by atoms with Crippen LogP contribution in [0.2, 0.25) is 0 Å². The summed E-state index contributed by atoms with van der Waals surface area (Å²) in [5.74, 6) is 0.467. The number of anilines is 1. The zero-order chi connectivity index (χ0) is 14.7. The molecule has 116 valence electrons. The molecule has 3 rings (SSSR count). The molecule has 0 saturated carbocycles. The number of aliphatic imine (C=N–C) groups is 1. The standard InChI is InChI=1S/C18H21N3.HI/c1-13-4-2-5-14(10-13)12-20-18(19)21-17-9-8-15-6-3-7-16(15)11-17;/h2,4-5,8-11H,3,6-7,12H2,1H3,(H3,19,20,21);1H. The number of aryl methyl sites for hydroxylation is 3. The third kappa shape index (κ3) is 4.22. The second kappa shape index (κ2) is 7.63. The average Bonchev–Trinajstić information content (AvgIpc) is 2.93. The monoisotopic (exact) mass is 407 g/mol. The minimum Gasteiger partial charge on any atom is -0.370 e. The molecule has 0 unspecified atom stereocenters. The van der Waals surface area contributed by atoms with Crippen LogP contribution in [0.15, 0.2) is 47.5 Å². The minimum absolute atomic E-state index is 0. The lowest BCUT2D eigenvalue weighted by Gasteiger charge is -2.08. The maximum atomic E-state index is 5.98. The summed E-state index contributed by atoms with van der Waals surface area (Å²) in [6, 6.07) is 14.8. The summed E-state index contributed by atoms with van der Waals surface area (Å²) in [4.78, 5) is 4.41. The van der Waals surface area contributed by atoms with Gasteiger partial charge >= 0.3 is 0 Å². The Balaban J connectivity index is 0.00000176. The van der Waals surface area contributed by atoms with Crippen molar-refractivity contribution in [3.05, 3.63) is 64.7 Å². The van der Waals surface area contributed by atoms with Crippen LogP contribution in [-0.4, -0.2) is 5.96 Å². The molecule has 0 bridgehead atoms. The Morgan fingerprint density at radius 1 is 1.14 bits per heavy atom. The summed E-state index contributed by atoms with van der Waals surface area (Å²) in [5.41, 5.74) is 12.3. The highest BCUT2D eigenvalue weighted by atomic mass is 127. The Morgan fingerprint density at radius 2 is 1.95 bits per heavy atom. The van der Waals surface area contributed by atoms with Gasteiger partial charge in [-0.3, -0.25) is 0 Å². The van der Waals surface area contributed by atoms with E-state index >= 15 is 0 Å². The lowest BCUT2D eigenvalue weighted by Crippen LogP contribution is -2.22. The third-order valence-corrected chi connectivity index (χ3v) is 3.89. The maximum absolute atomic E-state index is 5.98. The van der Waals surface area contributed by atoms with Gasteiger partial charge in [-0.15, -0.1) is 24.0 Å². The molecule has 1 aliphatic rings. The first-order valence-corrected chi connectivity index (χ1v) is 7.45. The Kier molecular flexibility index (Phi) is 5.83. The van der Waals surface area contributed by atoms with Crippen LogP contribution in [0.1, 0.15) is 28.7 Å². The molecule has 0 heterocycles. The van der Waals surface area contributed by atoms with E-state index in [4.69, 9.17) is 5.73 Å². The zero-order valence-electron chi connectivity index (χ0n) is 12.8. The van der Waals surface area contributed by atoms with E-state index in [1.165, 1.54) is 41.5 Å². The van der Waals surface area contributed by atoms with E-state index < -0.39 is 0 Å². The molecule has 0 saturated heterocycles. The van der Waals surface area contributed by atoms with Gasteiger partial charge in [-0.25, -0.2) is 4.99 Å². The molecule has 0 aliphatic heterocycles. The van der Waals surface area contributed by atoms with Crippen molar-refractivity contribution in [1.82, 2.24) is 0 Å². The Bertz CT molecular complexity index is 680. The van der Waals surface area contributed by atoms with E-state index in [9.17, 15) is 0 Å². The molecule has 2 aromatic carbocycles. The molecular formula is C18H22IN3. The molecule has 1 aliphatic carbocycles. The number of nitrogens with one attached hydrogen (secondary N) is 1. The summed E-state index contributed by atoms with van der Waals surface area (Å²) in [5, 5.41) is 3.18. The smallest absolute Gasteiger partial charge is 0.193 e. The lowest BCUT2D eigenvalue weighted by molar-refractivity contribution is 0.912. The molecule has 3 N–H and O–H groups in total. The molecule has 3 nitrogen and oxygen atoms in total. The van der Waals surface area contributed by atoms with Crippen molar-refractivity contribution in [2.45, 2.75) is 32.7 Å². The number of rotatable bonds is 3. The van der Waals surface area contributed by atoms with E-state index in [1.807, 2.05) is 6.07 Å². The van der Waals surface area contributed by atoms with Gasteiger partial charge in [0.2, 0.25) is 0 Å². The number of fused-ring (bicyclic) bond motifs is 1. The number of hydrogen-bond acceptors (Lipinski definition) is 1. The van der Waals surface area contributed by atoms with Gasteiger partial charge in [-0.1, -0.05) is 35.9 Å². The highest BCUT2D eigenvalue weighted by Gasteiger charge is 2.10. The zero-order valence-corrected chi connectivity index (χ0v) is 15.1. The van der Waals surface area contributed by atoms with Gasteiger partial charge in [0.15, 0.2) is 5.96 Å². The lowest BCUT2D eigenvalue weighted by atomic mass is 10.1. The topological polar surface area (TPSA) is 50.4 Å². The molecule has 0 spiro atoms.